The average molecular weight is 498 g/mol. The number of likely N-dealkylation sites (tertiary alicyclic amines) is 1. The predicted octanol–water partition coefficient (Wildman–Crippen LogP) is 7.09. The molecule has 0 aliphatic carbocycles. The Morgan fingerprint density at radius 2 is 1.81 bits per heavy atom. The van der Waals surface area contributed by atoms with Gasteiger partial charge in [0.15, 0.2) is 0 Å². The molecule has 0 saturated carbocycles. The minimum Gasteiger partial charge on any atom is -0.373 e. The Morgan fingerprint density at radius 3 is 2.29 bits per heavy atom. The monoisotopic (exact) mass is 497 g/mol. The summed E-state index contributed by atoms with van der Waals surface area (Å²) in [4.78, 5) is 2.41. The van der Waals surface area contributed by atoms with Crippen molar-refractivity contribution in [2.45, 2.75) is 73.3 Å². The van der Waals surface area contributed by atoms with E-state index >= 15 is 0 Å². The molecular weight excluding hydrogens is 455 g/mol. The van der Waals surface area contributed by atoms with Crippen molar-refractivity contribution in [3.8, 4) is 0 Å². The van der Waals surface area contributed by atoms with E-state index in [0.717, 1.165) is 23.7 Å². The zero-order valence-corrected chi connectivity index (χ0v) is 23.7. The van der Waals surface area contributed by atoms with Crippen molar-refractivity contribution >= 4 is 11.8 Å². The van der Waals surface area contributed by atoms with Crippen molar-refractivity contribution in [1.82, 2.24) is 9.91 Å². The number of benzene rings is 1. The molecule has 1 unspecified atom stereocenters. The van der Waals surface area contributed by atoms with Crippen LogP contribution in [0.1, 0.15) is 71.9 Å². The zero-order chi connectivity index (χ0) is 22.7. The molecule has 4 heteroatoms. The zero-order valence-electron chi connectivity index (χ0n) is 20.9. The number of nitrogens with zero attached hydrogens (tertiary/aromatic N) is 3. The summed E-state index contributed by atoms with van der Waals surface area (Å²) < 4.78 is 0. The molecule has 0 bridgehead atoms. The largest absolute Gasteiger partial charge is 0.373 e. The molecular formula is C27H42N3Y-. The third kappa shape index (κ3) is 9.06. The Kier molecular flexibility index (Phi) is 15.0. The number of hydrogen-bond donors (Lipinski definition) is 0. The summed E-state index contributed by atoms with van der Waals surface area (Å²) in [7, 11) is 1.92. The number of rotatable bonds is 4. The van der Waals surface area contributed by atoms with Crippen molar-refractivity contribution in [3.05, 3.63) is 71.9 Å². The van der Waals surface area contributed by atoms with Gasteiger partial charge >= 0.3 is 0 Å². The van der Waals surface area contributed by atoms with Gasteiger partial charge in [0, 0.05) is 63.6 Å². The van der Waals surface area contributed by atoms with Crippen LogP contribution >= 0.6 is 0 Å². The topological polar surface area (TPSA) is 18.8 Å². The molecule has 0 N–H and O–H groups in total. The molecule has 31 heavy (non-hydrogen) atoms. The fraction of sp³-hybridized carbons (Fsp3) is 0.481. The molecule has 1 radical (unpaired) electrons. The summed E-state index contributed by atoms with van der Waals surface area (Å²) in [6, 6.07) is 9.40. The fourth-order valence-corrected chi connectivity index (χ4v) is 3.80. The molecule has 0 spiro atoms. The van der Waals surface area contributed by atoms with Gasteiger partial charge < -0.3 is 11.3 Å². The Hall–Kier alpha value is -1.19. The van der Waals surface area contributed by atoms with Crippen LogP contribution in [0, 0.1) is 6.42 Å². The van der Waals surface area contributed by atoms with E-state index in [4.69, 9.17) is 0 Å². The van der Waals surface area contributed by atoms with Crippen LogP contribution in [0.15, 0.2) is 59.5 Å². The molecule has 169 valence electrons. The van der Waals surface area contributed by atoms with Gasteiger partial charge in [-0.15, -0.1) is 0 Å². The van der Waals surface area contributed by atoms with Gasteiger partial charge in [-0.3, -0.25) is 5.01 Å². The van der Waals surface area contributed by atoms with Crippen molar-refractivity contribution in [1.29, 1.82) is 0 Å². The van der Waals surface area contributed by atoms with E-state index in [-0.39, 0.29) is 32.7 Å². The van der Waals surface area contributed by atoms with Gasteiger partial charge in [-0.1, -0.05) is 56.8 Å². The molecule has 2 aliphatic heterocycles. The van der Waals surface area contributed by atoms with Crippen molar-refractivity contribution < 1.29 is 32.7 Å². The molecule has 2 aliphatic rings. The Balaban J connectivity index is 0.000000592. The van der Waals surface area contributed by atoms with Gasteiger partial charge in [0.1, 0.15) is 0 Å². The van der Waals surface area contributed by atoms with Gasteiger partial charge in [0.2, 0.25) is 0 Å². The summed E-state index contributed by atoms with van der Waals surface area (Å²) >= 11 is 0. The van der Waals surface area contributed by atoms with E-state index in [1.807, 2.05) is 32.1 Å². The predicted molar refractivity (Wildman–Crippen MR) is 134 cm³/mol. The van der Waals surface area contributed by atoms with Crippen LogP contribution in [-0.4, -0.2) is 35.8 Å². The second-order valence-corrected chi connectivity index (χ2v) is 7.86. The van der Waals surface area contributed by atoms with Gasteiger partial charge in [-0.2, -0.15) is 18.4 Å². The summed E-state index contributed by atoms with van der Waals surface area (Å²) in [5.74, 6) is 0. The standard InChI is InChI=1S/C16H19N2.C9H17N.C2H6.Y/c1-5-6-14-7-9-15(10-8-14)16-12(2)11-17-18(4)13(16)3;1-8(2)10-7-5-4-6-9(10)3;1-2;/h5,7-11H,3,6H2,1-2,4H3;9H,1,4-7H2,2-3H3;1-2H3;/q-1;;;. The van der Waals surface area contributed by atoms with Gasteiger partial charge in [0.25, 0.3) is 0 Å². The van der Waals surface area contributed by atoms with Crippen LogP contribution in [0.5, 0.6) is 0 Å². The maximum Gasteiger partial charge on any atom is 0.0600 e. The van der Waals surface area contributed by atoms with E-state index in [1.165, 1.54) is 48.2 Å². The third-order valence-electron chi connectivity index (χ3n) is 5.47. The molecule has 2 heterocycles. The Labute approximate surface area is 217 Å². The number of hydrogen-bond acceptors (Lipinski definition) is 3. The van der Waals surface area contributed by atoms with Gasteiger partial charge in [0.05, 0.1) is 11.9 Å². The molecule has 3 rings (SSSR count). The van der Waals surface area contributed by atoms with Crippen molar-refractivity contribution in [3.63, 3.8) is 0 Å². The first-order valence-electron chi connectivity index (χ1n) is 11.3. The number of hydrazone groups is 1. The van der Waals surface area contributed by atoms with E-state index in [2.05, 4.69) is 81.5 Å². The van der Waals surface area contributed by atoms with Crippen LogP contribution in [0.2, 0.25) is 0 Å². The van der Waals surface area contributed by atoms with Gasteiger partial charge in [-0.05, 0) is 51.2 Å². The minimum atomic E-state index is 0. The SMILES string of the molecule is C=C(C)N1CCCCC1C.C=C1C(c2ccc(C[CH-]C)cc2)=C(C)C=NN1C.CC.[Y]. The van der Waals surface area contributed by atoms with Crippen LogP contribution in [0.25, 0.3) is 5.57 Å². The maximum absolute atomic E-state index is 4.26. The first kappa shape index (κ1) is 29.8. The Bertz CT molecular complexity index is 746. The first-order valence-corrected chi connectivity index (χ1v) is 11.3. The quantitative estimate of drug-likeness (QED) is 0.414. The van der Waals surface area contributed by atoms with Gasteiger partial charge in [-0.25, -0.2) is 0 Å². The van der Waals surface area contributed by atoms with Crippen molar-refractivity contribution in [2.75, 3.05) is 13.6 Å². The molecule has 1 saturated heterocycles. The number of allylic oxidation sites excluding steroid dienone is 3. The smallest absolute Gasteiger partial charge is 0.0600 e. The summed E-state index contributed by atoms with van der Waals surface area (Å²) in [5, 5.41) is 6.08. The summed E-state index contributed by atoms with van der Waals surface area (Å²) in [6.45, 7) is 21.8. The van der Waals surface area contributed by atoms with Crippen LogP contribution in [0.3, 0.4) is 0 Å². The number of likely N-dealkylation sites (N-methyl/N-ethyl adjacent to an activating group) is 1. The van der Waals surface area contributed by atoms with E-state index < -0.39 is 0 Å². The normalized spacial score (nSPS) is 17.8. The first-order chi connectivity index (χ1) is 14.3. The van der Waals surface area contributed by atoms with E-state index in [9.17, 15) is 0 Å². The second-order valence-electron chi connectivity index (χ2n) is 7.86. The molecule has 3 nitrogen and oxygen atoms in total. The average Bonchev–Trinajstić information content (AvgIpc) is 2.74. The van der Waals surface area contributed by atoms with E-state index in [0.29, 0.717) is 0 Å². The molecule has 1 atom stereocenters. The van der Waals surface area contributed by atoms with Crippen LogP contribution in [-0.2, 0) is 39.1 Å². The minimum absolute atomic E-state index is 0. The van der Waals surface area contributed by atoms with E-state index in [1.54, 1.807) is 0 Å². The van der Waals surface area contributed by atoms with Crippen LogP contribution < -0.4 is 0 Å². The molecule has 1 fully saturated rings. The summed E-state index contributed by atoms with van der Waals surface area (Å²) in [5.41, 5.74) is 7.06. The third-order valence-corrected chi connectivity index (χ3v) is 5.47. The Morgan fingerprint density at radius 1 is 1.19 bits per heavy atom. The molecule has 0 amide bonds. The molecule has 1 aromatic rings. The fourth-order valence-electron chi connectivity index (χ4n) is 3.80. The van der Waals surface area contributed by atoms with Crippen LogP contribution in [0.4, 0.5) is 0 Å². The van der Waals surface area contributed by atoms with Crippen molar-refractivity contribution in [2.24, 2.45) is 5.10 Å². The summed E-state index contributed by atoms with van der Waals surface area (Å²) in [6.07, 6.45) is 9.15. The molecule has 1 aromatic carbocycles. The number of piperidine rings is 1. The second kappa shape index (κ2) is 15.6. The molecule has 0 aromatic heterocycles. The maximum atomic E-state index is 4.26.